The number of carbonyl (C=O) groups excluding carboxylic acids is 2. The zero-order valence-corrected chi connectivity index (χ0v) is 20.4. The number of fused-ring (bicyclic) bond motifs is 5. The second-order valence-electron chi connectivity index (χ2n) is 12.0. The zero-order valence-electron chi connectivity index (χ0n) is 20.4. The molecule has 176 valence electrons. The van der Waals surface area contributed by atoms with Gasteiger partial charge in [0, 0.05) is 19.3 Å². The molecule has 4 aliphatic rings. The van der Waals surface area contributed by atoms with Crippen LogP contribution in [0.4, 0.5) is 0 Å². The average Bonchev–Trinajstić information content (AvgIpc) is 3.10. The summed E-state index contributed by atoms with van der Waals surface area (Å²) in [4.78, 5) is 24.1. The summed E-state index contributed by atoms with van der Waals surface area (Å²) in [5.74, 6) is 3.53. The Morgan fingerprint density at radius 2 is 1.84 bits per heavy atom. The Morgan fingerprint density at radius 1 is 1.13 bits per heavy atom. The summed E-state index contributed by atoms with van der Waals surface area (Å²) < 4.78 is 4.88. The summed E-state index contributed by atoms with van der Waals surface area (Å²) >= 11 is 0. The van der Waals surface area contributed by atoms with Gasteiger partial charge in [0.05, 0.1) is 13.2 Å². The maximum atomic E-state index is 12.4. The third-order valence-electron chi connectivity index (χ3n) is 11.0. The predicted molar refractivity (Wildman–Crippen MR) is 121 cm³/mol. The molecule has 0 heterocycles. The number of rotatable bonds is 5. The Bertz CT molecular complexity index is 703. The lowest BCUT2D eigenvalue weighted by atomic mass is 9.41. The SMILES string of the molecule is CC[C@H]1[C@@H](O)[C@@H]2[C@H](CC[C@]3(C)[C@@H](C(C)CCC(=O)OC)CC[C@@H]23)[C@@]2(C)CCC(=O)C[C@@H]12. The molecule has 0 spiro atoms. The molecule has 31 heavy (non-hydrogen) atoms. The van der Waals surface area contributed by atoms with Crippen molar-refractivity contribution in [3.05, 3.63) is 0 Å². The van der Waals surface area contributed by atoms with Crippen LogP contribution >= 0.6 is 0 Å². The van der Waals surface area contributed by atoms with Crippen molar-refractivity contribution in [1.82, 2.24) is 0 Å². The highest BCUT2D eigenvalue weighted by molar-refractivity contribution is 5.79. The Hall–Kier alpha value is -0.900. The summed E-state index contributed by atoms with van der Waals surface area (Å²) in [5.41, 5.74) is 0.456. The number of Topliss-reactive ketones (excluding diaryl/α,β-unsaturated/α-hetero) is 1. The van der Waals surface area contributed by atoms with E-state index in [0.717, 1.165) is 25.7 Å². The Kier molecular flexibility index (Phi) is 6.35. The Labute approximate surface area is 188 Å². The molecule has 4 nitrogen and oxygen atoms in total. The van der Waals surface area contributed by atoms with Crippen molar-refractivity contribution < 1.29 is 19.4 Å². The number of methoxy groups -OCH3 is 1. The van der Waals surface area contributed by atoms with Crippen molar-refractivity contribution in [2.45, 2.75) is 98.0 Å². The molecule has 4 rings (SSSR count). The monoisotopic (exact) mass is 432 g/mol. The smallest absolute Gasteiger partial charge is 0.305 e. The first-order valence-corrected chi connectivity index (χ1v) is 12.9. The molecule has 0 radical (unpaired) electrons. The van der Waals surface area contributed by atoms with Gasteiger partial charge in [0.2, 0.25) is 0 Å². The van der Waals surface area contributed by atoms with Crippen molar-refractivity contribution in [3.8, 4) is 0 Å². The fourth-order valence-electron chi connectivity index (χ4n) is 9.39. The van der Waals surface area contributed by atoms with Crippen LogP contribution in [0.15, 0.2) is 0 Å². The first-order chi connectivity index (χ1) is 14.7. The van der Waals surface area contributed by atoms with E-state index in [2.05, 4.69) is 27.7 Å². The van der Waals surface area contributed by atoms with E-state index in [1.165, 1.54) is 32.8 Å². The lowest BCUT2D eigenvalue weighted by Crippen LogP contribution is -2.61. The lowest BCUT2D eigenvalue weighted by Gasteiger charge is -2.64. The Balaban J connectivity index is 1.59. The topological polar surface area (TPSA) is 63.6 Å². The van der Waals surface area contributed by atoms with Crippen LogP contribution in [-0.4, -0.2) is 30.1 Å². The minimum atomic E-state index is -0.271. The molecule has 4 heteroatoms. The van der Waals surface area contributed by atoms with Crippen LogP contribution in [0.25, 0.3) is 0 Å². The third kappa shape index (κ3) is 3.60. The van der Waals surface area contributed by atoms with Gasteiger partial charge < -0.3 is 9.84 Å². The van der Waals surface area contributed by atoms with Gasteiger partial charge in [0.1, 0.15) is 5.78 Å². The molecule has 0 amide bonds. The van der Waals surface area contributed by atoms with E-state index in [9.17, 15) is 14.7 Å². The van der Waals surface area contributed by atoms with E-state index in [1.54, 1.807) is 0 Å². The summed E-state index contributed by atoms with van der Waals surface area (Å²) in [6.07, 6.45) is 9.38. The van der Waals surface area contributed by atoms with Gasteiger partial charge in [-0.25, -0.2) is 0 Å². The fraction of sp³-hybridized carbons (Fsp3) is 0.926. The molecule has 1 N–H and O–H groups in total. The number of ketones is 1. The average molecular weight is 433 g/mol. The number of aliphatic hydroxyl groups excluding tert-OH is 1. The van der Waals surface area contributed by atoms with Crippen LogP contribution in [0.2, 0.25) is 0 Å². The lowest BCUT2D eigenvalue weighted by molar-refractivity contribution is -0.194. The first-order valence-electron chi connectivity index (χ1n) is 12.9. The van der Waals surface area contributed by atoms with Crippen molar-refractivity contribution in [1.29, 1.82) is 0 Å². The second-order valence-corrected chi connectivity index (χ2v) is 12.0. The molecule has 0 bridgehead atoms. The largest absolute Gasteiger partial charge is 0.469 e. The maximum absolute atomic E-state index is 12.4. The second kappa shape index (κ2) is 8.47. The van der Waals surface area contributed by atoms with Crippen LogP contribution in [0.1, 0.15) is 91.9 Å². The van der Waals surface area contributed by atoms with Crippen LogP contribution in [0.5, 0.6) is 0 Å². The molecule has 0 aromatic heterocycles. The standard InChI is InChI=1S/C27H44O4/c1-6-18-22-15-17(28)11-13-27(22,4)21-12-14-26(3)19(16(2)7-10-23(29)31-5)8-9-20(26)24(21)25(18)30/h16,18-22,24-25,30H,6-15H2,1-5H3/t16?,18-,19-,20+,21+,22+,24+,25-,26-,27-/m1/s1. The van der Waals surface area contributed by atoms with Crippen LogP contribution < -0.4 is 0 Å². The molecular formula is C27H44O4. The zero-order chi connectivity index (χ0) is 22.6. The predicted octanol–water partition coefficient (Wildman–Crippen LogP) is 5.41. The highest BCUT2D eigenvalue weighted by atomic mass is 16.5. The molecule has 0 saturated heterocycles. The molecular weight excluding hydrogens is 388 g/mol. The van der Waals surface area contributed by atoms with E-state index in [1.807, 2.05) is 0 Å². The van der Waals surface area contributed by atoms with Gasteiger partial charge >= 0.3 is 5.97 Å². The maximum Gasteiger partial charge on any atom is 0.305 e. The van der Waals surface area contributed by atoms with Crippen molar-refractivity contribution in [2.75, 3.05) is 7.11 Å². The van der Waals surface area contributed by atoms with E-state index in [0.29, 0.717) is 54.1 Å². The molecule has 4 fully saturated rings. The quantitative estimate of drug-likeness (QED) is 0.590. The van der Waals surface area contributed by atoms with Crippen molar-refractivity contribution in [2.24, 2.45) is 52.3 Å². The highest BCUT2D eigenvalue weighted by Crippen LogP contribution is 2.69. The summed E-state index contributed by atoms with van der Waals surface area (Å²) in [5, 5.41) is 11.7. The minimum Gasteiger partial charge on any atom is -0.469 e. The molecule has 0 aromatic rings. The van der Waals surface area contributed by atoms with Gasteiger partial charge in [0.25, 0.3) is 0 Å². The normalized spacial score (nSPS) is 47.8. The molecule has 1 unspecified atom stereocenters. The van der Waals surface area contributed by atoms with Crippen LogP contribution in [0, 0.1) is 52.3 Å². The number of aliphatic hydroxyl groups is 1. The third-order valence-corrected chi connectivity index (χ3v) is 11.0. The van der Waals surface area contributed by atoms with E-state index in [4.69, 9.17) is 4.74 Å². The number of ether oxygens (including phenoxy) is 1. The molecule has 4 saturated carbocycles. The molecule has 4 aliphatic carbocycles. The van der Waals surface area contributed by atoms with Gasteiger partial charge in [-0.05, 0) is 90.8 Å². The summed E-state index contributed by atoms with van der Waals surface area (Å²) in [7, 11) is 1.47. The summed E-state index contributed by atoms with van der Waals surface area (Å²) in [6, 6.07) is 0. The highest BCUT2D eigenvalue weighted by Gasteiger charge is 2.64. The number of hydrogen-bond donors (Lipinski definition) is 1. The van der Waals surface area contributed by atoms with E-state index in [-0.39, 0.29) is 28.8 Å². The van der Waals surface area contributed by atoms with E-state index < -0.39 is 0 Å². The van der Waals surface area contributed by atoms with Gasteiger partial charge in [0.15, 0.2) is 0 Å². The Morgan fingerprint density at radius 3 is 2.52 bits per heavy atom. The molecule has 0 aliphatic heterocycles. The van der Waals surface area contributed by atoms with E-state index >= 15 is 0 Å². The molecule has 10 atom stereocenters. The minimum absolute atomic E-state index is 0.102. The fourth-order valence-corrected chi connectivity index (χ4v) is 9.39. The van der Waals surface area contributed by atoms with Crippen molar-refractivity contribution in [3.63, 3.8) is 0 Å². The number of carbonyl (C=O) groups is 2. The summed E-state index contributed by atoms with van der Waals surface area (Å²) in [6.45, 7) is 9.49. The van der Waals surface area contributed by atoms with Gasteiger partial charge in [-0.2, -0.15) is 0 Å². The first kappa shape index (κ1) is 23.3. The van der Waals surface area contributed by atoms with Crippen LogP contribution in [-0.2, 0) is 14.3 Å². The number of esters is 1. The molecule has 0 aromatic carbocycles. The van der Waals surface area contributed by atoms with Crippen LogP contribution in [0.3, 0.4) is 0 Å². The van der Waals surface area contributed by atoms with Gasteiger partial charge in [-0.3, -0.25) is 9.59 Å². The number of hydrogen-bond acceptors (Lipinski definition) is 4. The van der Waals surface area contributed by atoms with Gasteiger partial charge in [-0.15, -0.1) is 0 Å². The van der Waals surface area contributed by atoms with Gasteiger partial charge in [-0.1, -0.05) is 34.1 Å². The van der Waals surface area contributed by atoms with Crippen molar-refractivity contribution >= 4 is 11.8 Å².